The van der Waals surface area contributed by atoms with Crippen molar-refractivity contribution >= 4 is 17.7 Å². The van der Waals surface area contributed by atoms with Crippen molar-refractivity contribution in [3.63, 3.8) is 0 Å². The Morgan fingerprint density at radius 2 is 2.32 bits per heavy atom. The molecule has 0 bridgehead atoms. The molecular formula is C13H18FN3OS. The zero-order chi connectivity index (χ0) is 13.7. The van der Waals surface area contributed by atoms with E-state index >= 15 is 0 Å². The summed E-state index contributed by atoms with van der Waals surface area (Å²) in [5.74, 6) is 0.243. The van der Waals surface area contributed by atoms with Crippen LogP contribution in [0.15, 0.2) is 29.2 Å². The van der Waals surface area contributed by atoms with Gasteiger partial charge in [-0.05, 0) is 12.1 Å². The molecule has 0 saturated carbocycles. The molecule has 1 aliphatic rings. The SMILES string of the molecule is NC(=O)C1CNCCN1CCSc1ccccc1F. The number of halogens is 1. The average molecular weight is 283 g/mol. The van der Waals surface area contributed by atoms with Crippen LogP contribution in [-0.2, 0) is 4.79 Å². The number of primary amides is 1. The fraction of sp³-hybridized carbons (Fsp3) is 0.462. The number of nitrogens with zero attached hydrogens (tertiary/aromatic N) is 1. The molecule has 104 valence electrons. The van der Waals surface area contributed by atoms with Crippen LogP contribution in [0, 0.1) is 5.82 Å². The minimum Gasteiger partial charge on any atom is -0.368 e. The number of carbonyl (C=O) groups excluding carboxylic acids is 1. The molecule has 6 heteroatoms. The molecule has 19 heavy (non-hydrogen) atoms. The van der Waals surface area contributed by atoms with E-state index in [0.717, 1.165) is 25.4 Å². The van der Waals surface area contributed by atoms with Gasteiger partial charge >= 0.3 is 0 Å². The maximum atomic E-state index is 13.4. The zero-order valence-corrected chi connectivity index (χ0v) is 11.5. The van der Waals surface area contributed by atoms with E-state index in [-0.39, 0.29) is 17.8 Å². The number of carbonyl (C=O) groups is 1. The first-order valence-corrected chi connectivity index (χ1v) is 7.28. The van der Waals surface area contributed by atoms with Gasteiger partial charge in [0.25, 0.3) is 0 Å². The molecule has 3 N–H and O–H groups in total. The molecule has 0 aliphatic carbocycles. The van der Waals surface area contributed by atoms with Gasteiger partial charge in [0.05, 0.1) is 0 Å². The predicted molar refractivity (Wildman–Crippen MR) is 74.5 cm³/mol. The van der Waals surface area contributed by atoms with Gasteiger partial charge in [-0.15, -0.1) is 11.8 Å². The van der Waals surface area contributed by atoms with Crippen molar-refractivity contribution < 1.29 is 9.18 Å². The second kappa shape index (κ2) is 6.88. The number of piperazine rings is 1. The van der Waals surface area contributed by atoms with E-state index in [0.29, 0.717) is 11.4 Å². The van der Waals surface area contributed by atoms with Crippen molar-refractivity contribution in [3.8, 4) is 0 Å². The Balaban J connectivity index is 1.84. The molecule has 1 heterocycles. The third kappa shape index (κ3) is 3.92. The van der Waals surface area contributed by atoms with Gasteiger partial charge < -0.3 is 11.1 Å². The van der Waals surface area contributed by atoms with Gasteiger partial charge in [-0.3, -0.25) is 9.69 Å². The first-order chi connectivity index (χ1) is 9.18. The molecule has 1 aliphatic heterocycles. The summed E-state index contributed by atoms with van der Waals surface area (Å²) in [7, 11) is 0. The second-order valence-corrected chi connectivity index (χ2v) is 5.57. The van der Waals surface area contributed by atoms with Crippen molar-refractivity contribution in [2.75, 3.05) is 31.9 Å². The summed E-state index contributed by atoms with van der Waals surface area (Å²) in [6, 6.07) is 6.47. The highest BCUT2D eigenvalue weighted by atomic mass is 32.2. The minimum atomic E-state index is -0.303. The molecule has 0 radical (unpaired) electrons. The number of hydrogen-bond donors (Lipinski definition) is 2. The summed E-state index contributed by atoms with van der Waals surface area (Å²) in [5, 5.41) is 3.15. The molecule has 1 fully saturated rings. The number of benzene rings is 1. The maximum absolute atomic E-state index is 13.4. The Bertz CT molecular complexity index is 444. The third-order valence-corrected chi connectivity index (χ3v) is 4.18. The van der Waals surface area contributed by atoms with Crippen LogP contribution < -0.4 is 11.1 Å². The van der Waals surface area contributed by atoms with Gasteiger partial charge in [0.1, 0.15) is 11.9 Å². The quantitative estimate of drug-likeness (QED) is 0.780. The topological polar surface area (TPSA) is 58.4 Å². The minimum absolute atomic E-state index is 0.195. The number of nitrogens with one attached hydrogen (secondary N) is 1. The average Bonchev–Trinajstić information content (AvgIpc) is 2.41. The molecule has 1 aromatic carbocycles. The van der Waals surface area contributed by atoms with Crippen molar-refractivity contribution in [1.29, 1.82) is 0 Å². The van der Waals surface area contributed by atoms with Crippen LogP contribution in [0.3, 0.4) is 0 Å². The maximum Gasteiger partial charge on any atom is 0.236 e. The summed E-state index contributed by atoms with van der Waals surface area (Å²) in [6.07, 6.45) is 0. The van der Waals surface area contributed by atoms with Crippen LogP contribution >= 0.6 is 11.8 Å². The van der Waals surface area contributed by atoms with Gasteiger partial charge in [0.15, 0.2) is 0 Å². The third-order valence-electron chi connectivity index (χ3n) is 3.16. The Labute approximate surface area is 116 Å². The molecule has 1 unspecified atom stereocenters. The number of thioether (sulfide) groups is 1. The molecule has 0 spiro atoms. The number of amides is 1. The summed E-state index contributed by atoms with van der Waals surface area (Å²) >= 11 is 1.47. The van der Waals surface area contributed by atoms with Gasteiger partial charge in [0, 0.05) is 36.8 Å². The van der Waals surface area contributed by atoms with Gasteiger partial charge in [-0.2, -0.15) is 0 Å². The number of hydrogen-bond acceptors (Lipinski definition) is 4. The van der Waals surface area contributed by atoms with Gasteiger partial charge in [-0.25, -0.2) is 4.39 Å². The standard InChI is InChI=1S/C13H18FN3OS/c14-10-3-1-2-4-12(10)19-8-7-17-6-5-16-9-11(17)13(15)18/h1-4,11,16H,5-9H2,(H2,15,18). The second-order valence-electron chi connectivity index (χ2n) is 4.44. The van der Waals surface area contributed by atoms with Gasteiger partial charge in [0.2, 0.25) is 5.91 Å². The zero-order valence-electron chi connectivity index (χ0n) is 10.6. The highest BCUT2D eigenvalue weighted by molar-refractivity contribution is 7.99. The molecule has 1 saturated heterocycles. The van der Waals surface area contributed by atoms with Crippen LogP contribution in [0.25, 0.3) is 0 Å². The highest BCUT2D eigenvalue weighted by Crippen LogP contribution is 2.21. The Hall–Kier alpha value is -1.11. The monoisotopic (exact) mass is 283 g/mol. The summed E-state index contributed by atoms with van der Waals surface area (Å²) in [6.45, 7) is 2.98. The van der Waals surface area contributed by atoms with Crippen molar-refractivity contribution in [1.82, 2.24) is 10.2 Å². The van der Waals surface area contributed by atoms with E-state index in [2.05, 4.69) is 10.2 Å². The normalized spacial score (nSPS) is 20.4. The van der Waals surface area contributed by atoms with Crippen LogP contribution in [0.5, 0.6) is 0 Å². The lowest BCUT2D eigenvalue weighted by atomic mass is 10.2. The van der Waals surface area contributed by atoms with Crippen LogP contribution in [-0.4, -0.2) is 48.8 Å². The first-order valence-electron chi connectivity index (χ1n) is 6.30. The Morgan fingerprint density at radius 3 is 3.05 bits per heavy atom. The summed E-state index contributed by atoms with van der Waals surface area (Å²) in [4.78, 5) is 14.0. The van der Waals surface area contributed by atoms with Crippen molar-refractivity contribution in [3.05, 3.63) is 30.1 Å². The predicted octanol–water partition coefficient (Wildman–Crippen LogP) is 0.677. The number of nitrogens with two attached hydrogens (primary N) is 1. The van der Waals surface area contributed by atoms with E-state index < -0.39 is 0 Å². The largest absolute Gasteiger partial charge is 0.368 e. The Morgan fingerprint density at radius 1 is 1.53 bits per heavy atom. The lowest BCUT2D eigenvalue weighted by Gasteiger charge is -2.33. The van der Waals surface area contributed by atoms with E-state index in [4.69, 9.17) is 5.73 Å². The lowest BCUT2D eigenvalue weighted by molar-refractivity contribution is -0.123. The molecule has 4 nitrogen and oxygen atoms in total. The molecule has 1 atom stereocenters. The number of rotatable bonds is 5. The van der Waals surface area contributed by atoms with Crippen LogP contribution in [0.2, 0.25) is 0 Å². The highest BCUT2D eigenvalue weighted by Gasteiger charge is 2.26. The molecule has 0 aromatic heterocycles. The fourth-order valence-electron chi connectivity index (χ4n) is 2.13. The molecular weight excluding hydrogens is 265 g/mol. The fourth-order valence-corrected chi connectivity index (χ4v) is 3.06. The van der Waals surface area contributed by atoms with E-state index in [9.17, 15) is 9.18 Å². The molecule has 1 aromatic rings. The van der Waals surface area contributed by atoms with E-state index in [1.54, 1.807) is 12.1 Å². The summed E-state index contributed by atoms with van der Waals surface area (Å²) in [5.41, 5.74) is 5.38. The molecule has 1 amide bonds. The molecule has 2 rings (SSSR count). The Kier molecular flexibility index (Phi) is 5.18. The summed E-state index contributed by atoms with van der Waals surface area (Å²) < 4.78 is 13.4. The lowest BCUT2D eigenvalue weighted by Crippen LogP contribution is -2.57. The van der Waals surface area contributed by atoms with Gasteiger partial charge in [-0.1, -0.05) is 12.1 Å². The first kappa shape index (κ1) is 14.3. The van der Waals surface area contributed by atoms with E-state index in [1.807, 2.05) is 6.07 Å². The van der Waals surface area contributed by atoms with Crippen molar-refractivity contribution in [2.45, 2.75) is 10.9 Å². The van der Waals surface area contributed by atoms with Crippen molar-refractivity contribution in [2.24, 2.45) is 5.73 Å². The van der Waals surface area contributed by atoms with Crippen LogP contribution in [0.1, 0.15) is 0 Å². The van der Waals surface area contributed by atoms with Crippen LogP contribution in [0.4, 0.5) is 4.39 Å². The smallest absolute Gasteiger partial charge is 0.236 e. The van der Waals surface area contributed by atoms with E-state index in [1.165, 1.54) is 17.8 Å².